The van der Waals surface area contributed by atoms with Crippen LogP contribution in [0.3, 0.4) is 0 Å². The Balaban J connectivity index is 0.00000228. The molecule has 0 radical (unpaired) electrons. The molecule has 5 aromatic carbocycles. The molecule has 0 aliphatic heterocycles. The average Bonchev–Trinajstić information content (AvgIpc) is 3.22. The molecule has 7 rings (SSSR count). The minimum absolute atomic E-state index is 0.627. The molecule has 0 amide bonds. The maximum absolute atomic E-state index is 5.04. The van der Waals surface area contributed by atoms with E-state index in [0.717, 1.165) is 62.3 Å². The Morgan fingerprint density at radius 1 is 0.481 bits per heavy atom. The molecule has 0 atom stereocenters. The van der Waals surface area contributed by atoms with Gasteiger partial charge in [0.1, 0.15) is 0 Å². The average molecular weight is 677 g/mol. The fourth-order valence-electron chi connectivity index (χ4n) is 6.16. The van der Waals surface area contributed by atoms with Crippen molar-refractivity contribution >= 4 is 5.57 Å². The first-order valence-electron chi connectivity index (χ1n) is 18.1. The van der Waals surface area contributed by atoms with Crippen molar-refractivity contribution in [2.75, 3.05) is 0 Å². The number of rotatable bonds is 9. The first kappa shape index (κ1) is 35.6. The molecule has 0 bridgehead atoms. The lowest BCUT2D eigenvalue weighted by Gasteiger charge is -2.13. The Hall–Kier alpha value is -6.26. The lowest BCUT2D eigenvalue weighted by molar-refractivity contribution is 1.07. The third kappa shape index (κ3) is 8.36. The lowest BCUT2D eigenvalue weighted by atomic mass is 9.94. The number of hydrogen-bond acceptors (Lipinski definition) is 4. The van der Waals surface area contributed by atoms with Gasteiger partial charge in [0.2, 0.25) is 0 Å². The van der Waals surface area contributed by atoms with Gasteiger partial charge in [-0.15, -0.1) is 0 Å². The molecule has 7 aromatic rings. The van der Waals surface area contributed by atoms with E-state index < -0.39 is 0 Å². The van der Waals surface area contributed by atoms with Gasteiger partial charge in [-0.25, -0.2) is 15.0 Å². The second-order valence-electron chi connectivity index (χ2n) is 12.2. The van der Waals surface area contributed by atoms with Crippen molar-refractivity contribution in [3.05, 3.63) is 175 Å². The zero-order valence-electron chi connectivity index (χ0n) is 30.6. The summed E-state index contributed by atoms with van der Waals surface area (Å²) in [5, 5.41) is 0. The second-order valence-corrected chi connectivity index (χ2v) is 12.2. The number of pyridine rings is 1. The SMILES string of the molecule is C/C=C\C(=C/CC)c1cc(C)nc(-c2ccc(-c3cc(-c4ccccc4)cc(-c4nc(-c5ccccc5)nc(-c5ccccc5)n4)c3)cc2)c1.CC. The Bertz CT molecular complexity index is 2230. The molecule has 4 nitrogen and oxygen atoms in total. The molecule has 2 aromatic heterocycles. The van der Waals surface area contributed by atoms with Crippen LogP contribution in [0.25, 0.3) is 73.2 Å². The molecule has 2 heterocycles. The smallest absolute Gasteiger partial charge is 0.164 e. The summed E-state index contributed by atoms with van der Waals surface area (Å²) in [5.41, 5.74) is 12.6. The molecule has 0 saturated carbocycles. The van der Waals surface area contributed by atoms with Crippen LogP contribution in [0.5, 0.6) is 0 Å². The summed E-state index contributed by atoms with van der Waals surface area (Å²) in [4.78, 5) is 19.9. The van der Waals surface area contributed by atoms with Crippen molar-refractivity contribution in [1.29, 1.82) is 0 Å². The highest BCUT2D eigenvalue weighted by atomic mass is 15.0. The maximum atomic E-state index is 5.04. The van der Waals surface area contributed by atoms with E-state index in [4.69, 9.17) is 19.9 Å². The molecular formula is C48H44N4. The van der Waals surface area contributed by atoms with Crippen LogP contribution in [-0.2, 0) is 0 Å². The first-order chi connectivity index (χ1) is 25.6. The summed E-state index contributed by atoms with van der Waals surface area (Å²) in [7, 11) is 0. The van der Waals surface area contributed by atoms with E-state index in [2.05, 4.69) is 118 Å². The standard InChI is InChI=1S/C46H38N4.C2H6/c1-4-15-33(16-5-2)39-27-32(3)47-43(31-39)36-25-23-35(24-26-36)41-28-40(34-17-9-6-10-18-34)29-42(30-41)46-49-44(37-19-11-7-12-20-37)48-45(50-46)38-21-13-8-14-22-38;1-2/h4,6-31H,5H2,1-3H3;1-2H3/b15-4-,33-16+;. The highest BCUT2D eigenvalue weighted by Crippen LogP contribution is 2.34. The van der Waals surface area contributed by atoms with E-state index in [0.29, 0.717) is 17.5 Å². The van der Waals surface area contributed by atoms with Gasteiger partial charge in [0, 0.05) is 27.9 Å². The fourth-order valence-corrected chi connectivity index (χ4v) is 6.16. The number of allylic oxidation sites excluding steroid dienone is 4. The molecule has 0 unspecified atom stereocenters. The molecule has 0 fully saturated rings. The largest absolute Gasteiger partial charge is 0.253 e. The first-order valence-corrected chi connectivity index (χ1v) is 18.1. The third-order valence-corrected chi connectivity index (χ3v) is 8.57. The minimum Gasteiger partial charge on any atom is -0.253 e. The highest BCUT2D eigenvalue weighted by Gasteiger charge is 2.15. The van der Waals surface area contributed by atoms with E-state index in [-0.39, 0.29) is 0 Å². The molecule has 4 heteroatoms. The van der Waals surface area contributed by atoms with Crippen molar-refractivity contribution in [3.8, 4) is 67.7 Å². The van der Waals surface area contributed by atoms with Gasteiger partial charge in [-0.3, -0.25) is 4.98 Å². The topological polar surface area (TPSA) is 51.6 Å². The predicted octanol–water partition coefficient (Wildman–Crippen LogP) is 13.0. The van der Waals surface area contributed by atoms with Crippen LogP contribution < -0.4 is 0 Å². The van der Waals surface area contributed by atoms with Crippen molar-refractivity contribution in [1.82, 2.24) is 19.9 Å². The zero-order valence-corrected chi connectivity index (χ0v) is 30.6. The number of aromatic nitrogens is 4. The van der Waals surface area contributed by atoms with E-state index in [1.807, 2.05) is 80.6 Å². The summed E-state index contributed by atoms with van der Waals surface area (Å²) >= 11 is 0. The normalized spacial score (nSPS) is 11.3. The number of aryl methyl sites for hydroxylation is 1. The van der Waals surface area contributed by atoms with E-state index in [9.17, 15) is 0 Å². The summed E-state index contributed by atoms with van der Waals surface area (Å²) in [6, 6.07) is 50.3. The molecule has 256 valence electrons. The molecule has 0 spiro atoms. The van der Waals surface area contributed by atoms with Crippen molar-refractivity contribution < 1.29 is 0 Å². The molecular weight excluding hydrogens is 633 g/mol. The summed E-state index contributed by atoms with van der Waals surface area (Å²) in [6.45, 7) is 10.3. The van der Waals surface area contributed by atoms with Crippen LogP contribution in [0.4, 0.5) is 0 Å². The summed E-state index contributed by atoms with van der Waals surface area (Å²) < 4.78 is 0. The molecule has 0 aliphatic rings. The second kappa shape index (κ2) is 17.1. The zero-order chi connectivity index (χ0) is 36.3. The van der Waals surface area contributed by atoms with Crippen LogP contribution >= 0.6 is 0 Å². The maximum Gasteiger partial charge on any atom is 0.164 e. The lowest BCUT2D eigenvalue weighted by Crippen LogP contribution is -2.00. The van der Waals surface area contributed by atoms with Crippen LogP contribution in [0.15, 0.2) is 164 Å². The van der Waals surface area contributed by atoms with Crippen LogP contribution in [-0.4, -0.2) is 19.9 Å². The molecule has 52 heavy (non-hydrogen) atoms. The van der Waals surface area contributed by atoms with Crippen molar-refractivity contribution in [2.24, 2.45) is 0 Å². The fraction of sp³-hybridized carbons (Fsp3) is 0.125. The van der Waals surface area contributed by atoms with Crippen molar-refractivity contribution in [2.45, 2.75) is 41.0 Å². The van der Waals surface area contributed by atoms with E-state index in [1.165, 1.54) is 11.1 Å². The summed E-state index contributed by atoms with van der Waals surface area (Å²) in [5.74, 6) is 1.91. The van der Waals surface area contributed by atoms with E-state index in [1.54, 1.807) is 0 Å². The van der Waals surface area contributed by atoms with Gasteiger partial charge in [0.25, 0.3) is 0 Å². The Morgan fingerprint density at radius 3 is 1.42 bits per heavy atom. The van der Waals surface area contributed by atoms with Gasteiger partial charge in [-0.1, -0.05) is 154 Å². The number of benzene rings is 5. The number of nitrogens with zero attached hydrogens (tertiary/aromatic N) is 4. The monoisotopic (exact) mass is 676 g/mol. The third-order valence-electron chi connectivity index (χ3n) is 8.57. The molecule has 0 N–H and O–H groups in total. The van der Waals surface area contributed by atoms with Gasteiger partial charge in [0.15, 0.2) is 17.5 Å². The van der Waals surface area contributed by atoms with Gasteiger partial charge >= 0.3 is 0 Å². The van der Waals surface area contributed by atoms with Crippen molar-refractivity contribution in [3.63, 3.8) is 0 Å². The van der Waals surface area contributed by atoms with Crippen LogP contribution in [0.2, 0.25) is 0 Å². The molecule has 0 saturated heterocycles. The Labute approximate surface area is 308 Å². The Morgan fingerprint density at radius 2 is 0.923 bits per heavy atom. The van der Waals surface area contributed by atoms with Crippen LogP contribution in [0, 0.1) is 6.92 Å². The van der Waals surface area contributed by atoms with Gasteiger partial charge in [-0.05, 0) is 84.0 Å². The highest BCUT2D eigenvalue weighted by molar-refractivity contribution is 5.82. The van der Waals surface area contributed by atoms with Gasteiger partial charge < -0.3 is 0 Å². The predicted molar refractivity (Wildman–Crippen MR) is 219 cm³/mol. The minimum atomic E-state index is 0.627. The van der Waals surface area contributed by atoms with Crippen LogP contribution in [0.1, 0.15) is 45.4 Å². The van der Waals surface area contributed by atoms with E-state index >= 15 is 0 Å². The Kier molecular flexibility index (Phi) is 11.7. The van der Waals surface area contributed by atoms with Gasteiger partial charge in [0.05, 0.1) is 5.69 Å². The number of hydrogen-bond donors (Lipinski definition) is 0. The van der Waals surface area contributed by atoms with Gasteiger partial charge in [-0.2, -0.15) is 0 Å². The summed E-state index contributed by atoms with van der Waals surface area (Å²) in [6.07, 6.45) is 7.49. The molecule has 0 aliphatic carbocycles. The quantitative estimate of drug-likeness (QED) is 0.143.